The minimum atomic E-state index is -3.52. The molecule has 1 aliphatic rings. The third-order valence-corrected chi connectivity index (χ3v) is 6.63. The molecule has 0 spiro atoms. The largest absolute Gasteiger partial charge is 0.352 e. The summed E-state index contributed by atoms with van der Waals surface area (Å²) in [6.07, 6.45) is 5.28. The van der Waals surface area contributed by atoms with Gasteiger partial charge in [-0.15, -0.1) is 0 Å². The summed E-state index contributed by atoms with van der Waals surface area (Å²) in [7, 11) is -3.52. The predicted molar refractivity (Wildman–Crippen MR) is 104 cm³/mol. The van der Waals surface area contributed by atoms with E-state index >= 15 is 0 Å². The van der Waals surface area contributed by atoms with Gasteiger partial charge in [0, 0.05) is 32.6 Å². The third kappa shape index (κ3) is 5.39. The van der Waals surface area contributed by atoms with Crippen LogP contribution in [0.5, 0.6) is 0 Å². The van der Waals surface area contributed by atoms with Crippen LogP contribution in [0.2, 0.25) is 0 Å². The van der Waals surface area contributed by atoms with Crippen molar-refractivity contribution in [1.82, 2.24) is 19.4 Å². The van der Waals surface area contributed by atoms with E-state index in [0.29, 0.717) is 18.7 Å². The minimum absolute atomic E-state index is 0.102. The summed E-state index contributed by atoms with van der Waals surface area (Å²) in [6, 6.07) is 6.58. The van der Waals surface area contributed by atoms with Gasteiger partial charge in [0.15, 0.2) is 0 Å². The lowest BCUT2D eigenvalue weighted by Crippen LogP contribution is -2.35. The number of sulfonamides is 1. The van der Waals surface area contributed by atoms with Crippen LogP contribution in [0.25, 0.3) is 0 Å². The maximum Gasteiger partial charge on any atom is 0.306 e. The average Bonchev–Trinajstić information content (AvgIpc) is 3.21. The Balaban J connectivity index is 1.54. The summed E-state index contributed by atoms with van der Waals surface area (Å²) in [4.78, 5) is 22.4. The minimum Gasteiger partial charge on any atom is -0.352 e. The van der Waals surface area contributed by atoms with E-state index in [-0.39, 0.29) is 36.0 Å². The van der Waals surface area contributed by atoms with Crippen molar-refractivity contribution in [2.45, 2.75) is 43.7 Å². The van der Waals surface area contributed by atoms with E-state index < -0.39 is 14.9 Å². The molecule has 2 heterocycles. The first-order valence-corrected chi connectivity index (χ1v) is 10.8. The number of rotatable bonds is 8. The SMILES string of the molecule is O=C(CCn1cc([N+](=O)[O-])cn1)NCc1cccc(S(=O)(=O)N2CCCCC2)c1. The van der Waals surface area contributed by atoms with E-state index in [2.05, 4.69) is 10.4 Å². The van der Waals surface area contributed by atoms with Crippen LogP contribution < -0.4 is 5.32 Å². The van der Waals surface area contributed by atoms with Gasteiger partial charge in [0.05, 0.1) is 9.82 Å². The van der Waals surface area contributed by atoms with Crippen molar-refractivity contribution in [3.63, 3.8) is 0 Å². The first-order valence-electron chi connectivity index (χ1n) is 9.39. The Labute approximate surface area is 168 Å². The van der Waals surface area contributed by atoms with Gasteiger partial charge in [-0.2, -0.15) is 9.40 Å². The van der Waals surface area contributed by atoms with Crippen LogP contribution in [0.3, 0.4) is 0 Å². The zero-order chi connectivity index (χ0) is 20.9. The van der Waals surface area contributed by atoms with E-state index in [0.717, 1.165) is 25.5 Å². The smallest absolute Gasteiger partial charge is 0.306 e. The quantitative estimate of drug-likeness (QED) is 0.510. The fraction of sp³-hybridized carbons (Fsp3) is 0.444. The monoisotopic (exact) mass is 421 g/mol. The Morgan fingerprint density at radius 2 is 2.00 bits per heavy atom. The highest BCUT2D eigenvalue weighted by Crippen LogP contribution is 2.21. The van der Waals surface area contributed by atoms with Gasteiger partial charge >= 0.3 is 5.69 Å². The molecule has 0 radical (unpaired) electrons. The number of aromatic nitrogens is 2. The molecule has 1 saturated heterocycles. The fourth-order valence-corrected chi connectivity index (χ4v) is 4.73. The number of piperidine rings is 1. The first kappa shape index (κ1) is 20.9. The van der Waals surface area contributed by atoms with E-state index in [9.17, 15) is 23.3 Å². The second-order valence-corrected chi connectivity index (χ2v) is 8.80. The van der Waals surface area contributed by atoms with Crippen molar-refractivity contribution in [3.8, 4) is 0 Å². The number of hydrogen-bond donors (Lipinski definition) is 1. The molecule has 10 nitrogen and oxygen atoms in total. The molecule has 0 saturated carbocycles. The summed E-state index contributed by atoms with van der Waals surface area (Å²) < 4.78 is 28.4. The zero-order valence-corrected chi connectivity index (χ0v) is 16.7. The van der Waals surface area contributed by atoms with Crippen molar-refractivity contribution in [1.29, 1.82) is 0 Å². The van der Waals surface area contributed by atoms with Gasteiger partial charge in [0.25, 0.3) is 0 Å². The van der Waals surface area contributed by atoms with Crippen LogP contribution in [0.15, 0.2) is 41.6 Å². The second kappa shape index (κ2) is 9.14. The van der Waals surface area contributed by atoms with Gasteiger partial charge in [-0.25, -0.2) is 8.42 Å². The van der Waals surface area contributed by atoms with Crippen LogP contribution in [0, 0.1) is 10.1 Å². The summed E-state index contributed by atoms with van der Waals surface area (Å²) >= 11 is 0. The molecule has 1 N–H and O–H groups in total. The van der Waals surface area contributed by atoms with Crippen LogP contribution in [0.1, 0.15) is 31.2 Å². The Bertz CT molecular complexity index is 982. The van der Waals surface area contributed by atoms with Gasteiger partial charge in [-0.3, -0.25) is 19.6 Å². The number of benzene rings is 1. The molecule has 1 fully saturated rings. The Morgan fingerprint density at radius 1 is 1.24 bits per heavy atom. The summed E-state index contributed by atoms with van der Waals surface area (Å²) in [5, 5.41) is 17.2. The molecule has 0 atom stereocenters. The van der Waals surface area contributed by atoms with Crippen molar-refractivity contribution in [3.05, 3.63) is 52.3 Å². The topological polar surface area (TPSA) is 127 Å². The molecule has 1 amide bonds. The molecule has 1 aromatic carbocycles. The molecular formula is C18H23N5O5S. The number of nitrogens with one attached hydrogen (secondary N) is 1. The number of hydrogen-bond acceptors (Lipinski definition) is 6. The van der Waals surface area contributed by atoms with Gasteiger partial charge < -0.3 is 5.32 Å². The molecule has 0 bridgehead atoms. The molecule has 1 aromatic heterocycles. The number of nitrogens with zero attached hydrogens (tertiary/aromatic N) is 4. The highest BCUT2D eigenvalue weighted by Gasteiger charge is 2.25. The van der Waals surface area contributed by atoms with Crippen LogP contribution >= 0.6 is 0 Å². The fourth-order valence-electron chi connectivity index (χ4n) is 3.14. The highest BCUT2D eigenvalue weighted by molar-refractivity contribution is 7.89. The average molecular weight is 421 g/mol. The van der Waals surface area contributed by atoms with Gasteiger partial charge in [0.1, 0.15) is 12.4 Å². The second-order valence-electron chi connectivity index (χ2n) is 6.86. The number of aryl methyl sites for hydroxylation is 1. The summed E-state index contributed by atoms with van der Waals surface area (Å²) in [5.74, 6) is -0.257. The number of carbonyl (C=O) groups is 1. The Kier molecular flexibility index (Phi) is 6.60. The highest BCUT2D eigenvalue weighted by atomic mass is 32.2. The molecule has 1 aliphatic heterocycles. The molecule has 3 rings (SSSR count). The van der Waals surface area contributed by atoms with Crippen LogP contribution in [-0.2, 0) is 27.9 Å². The van der Waals surface area contributed by atoms with E-state index in [1.165, 1.54) is 15.2 Å². The normalized spacial score (nSPS) is 15.2. The first-order chi connectivity index (χ1) is 13.9. The van der Waals surface area contributed by atoms with Gasteiger partial charge in [0.2, 0.25) is 15.9 Å². The maximum absolute atomic E-state index is 12.8. The summed E-state index contributed by atoms with van der Waals surface area (Å²) in [6.45, 7) is 1.48. The van der Waals surface area contributed by atoms with Crippen molar-refractivity contribution < 1.29 is 18.1 Å². The number of amides is 1. The predicted octanol–water partition coefficient (Wildman–Crippen LogP) is 1.67. The lowest BCUT2D eigenvalue weighted by molar-refractivity contribution is -0.385. The van der Waals surface area contributed by atoms with Crippen molar-refractivity contribution in [2.24, 2.45) is 0 Å². The van der Waals surface area contributed by atoms with Gasteiger partial charge in [-0.1, -0.05) is 18.6 Å². The van der Waals surface area contributed by atoms with Crippen LogP contribution in [-0.4, -0.2) is 46.4 Å². The van der Waals surface area contributed by atoms with Crippen molar-refractivity contribution in [2.75, 3.05) is 13.1 Å². The lowest BCUT2D eigenvalue weighted by Gasteiger charge is -2.26. The van der Waals surface area contributed by atoms with E-state index in [4.69, 9.17) is 0 Å². The molecule has 156 valence electrons. The molecule has 0 unspecified atom stereocenters. The molecular weight excluding hydrogens is 398 g/mol. The van der Waals surface area contributed by atoms with E-state index in [1.807, 2.05) is 0 Å². The molecule has 2 aromatic rings. The molecule has 11 heteroatoms. The molecule has 0 aliphatic carbocycles. The number of nitro groups is 1. The summed E-state index contributed by atoms with van der Waals surface area (Å²) in [5.41, 5.74) is 0.559. The van der Waals surface area contributed by atoms with Gasteiger partial charge in [-0.05, 0) is 30.5 Å². The van der Waals surface area contributed by atoms with Crippen LogP contribution in [0.4, 0.5) is 5.69 Å². The van der Waals surface area contributed by atoms with Crippen molar-refractivity contribution >= 4 is 21.6 Å². The van der Waals surface area contributed by atoms with E-state index in [1.54, 1.807) is 24.3 Å². The standard InChI is InChI=1S/C18H23N5O5S/c24-18(7-10-21-14-16(13-20-21)23(25)26)19-12-15-5-4-6-17(11-15)29(27,28)22-8-2-1-3-9-22/h4-6,11,13-14H,1-3,7-10,12H2,(H,19,24). The maximum atomic E-state index is 12.8. The Morgan fingerprint density at radius 3 is 2.69 bits per heavy atom. The third-order valence-electron chi connectivity index (χ3n) is 4.74. The number of carbonyl (C=O) groups excluding carboxylic acids is 1. The zero-order valence-electron chi connectivity index (χ0n) is 15.9. The molecule has 29 heavy (non-hydrogen) atoms. The Hall–Kier alpha value is -2.79. The lowest BCUT2D eigenvalue weighted by atomic mass is 10.2.